The van der Waals surface area contributed by atoms with Crippen molar-refractivity contribution in [3.63, 3.8) is 0 Å². The van der Waals surface area contributed by atoms with Crippen molar-refractivity contribution in [1.82, 2.24) is 14.8 Å². The summed E-state index contributed by atoms with van der Waals surface area (Å²) < 4.78 is 20.1. The molecule has 8 heteroatoms. The van der Waals surface area contributed by atoms with Gasteiger partial charge in [-0.1, -0.05) is 0 Å². The van der Waals surface area contributed by atoms with Crippen LogP contribution >= 0.6 is 0 Å². The number of ether oxygens (including phenoxy) is 1. The molecule has 0 radical (unpaired) electrons. The van der Waals surface area contributed by atoms with Gasteiger partial charge in [-0.15, -0.1) is 0 Å². The van der Waals surface area contributed by atoms with Crippen LogP contribution in [0.25, 0.3) is 10.9 Å². The van der Waals surface area contributed by atoms with Crippen molar-refractivity contribution >= 4 is 17.0 Å². The number of rotatable bonds is 6. The molecule has 0 aliphatic carbocycles. The molecule has 7 nitrogen and oxygen atoms in total. The first-order valence-electron chi connectivity index (χ1n) is 10.6. The summed E-state index contributed by atoms with van der Waals surface area (Å²) in [6.45, 7) is 7.34. The van der Waals surface area contributed by atoms with E-state index in [-0.39, 0.29) is 12.6 Å². The summed E-state index contributed by atoms with van der Waals surface area (Å²) in [6, 6.07) is 6.59. The SMILES string of the molecule is COc1ccc2ccc(F)c(C(CO)CN3CCC(N(C(=O)O)C(C)(C)C)CC3)c2n1. The van der Waals surface area contributed by atoms with Crippen LogP contribution in [0.4, 0.5) is 9.18 Å². The lowest BCUT2D eigenvalue weighted by molar-refractivity contribution is 0.0399. The summed E-state index contributed by atoms with van der Waals surface area (Å²) in [6.07, 6.45) is 0.495. The van der Waals surface area contributed by atoms with Crippen LogP contribution in [-0.4, -0.2) is 76.0 Å². The largest absolute Gasteiger partial charge is 0.481 e. The number of pyridine rings is 1. The third kappa shape index (κ3) is 5.07. The fourth-order valence-electron chi connectivity index (χ4n) is 4.57. The number of piperidine rings is 1. The number of aliphatic hydroxyl groups is 1. The molecule has 0 bridgehead atoms. The molecular weight excluding hydrogens is 401 g/mol. The highest BCUT2D eigenvalue weighted by Gasteiger charge is 2.35. The molecule has 0 saturated carbocycles. The number of hydrogen-bond donors (Lipinski definition) is 2. The maximum absolute atomic E-state index is 14.9. The number of aromatic nitrogens is 1. The average Bonchev–Trinajstić information content (AvgIpc) is 2.72. The summed E-state index contributed by atoms with van der Waals surface area (Å²) >= 11 is 0. The number of likely N-dealkylation sites (tertiary alicyclic amines) is 1. The van der Waals surface area contributed by atoms with E-state index in [0.717, 1.165) is 5.39 Å². The number of nitrogens with zero attached hydrogens (tertiary/aromatic N) is 3. The number of benzene rings is 1. The van der Waals surface area contributed by atoms with E-state index in [0.29, 0.717) is 49.4 Å². The Morgan fingerprint density at radius 3 is 2.48 bits per heavy atom. The van der Waals surface area contributed by atoms with Gasteiger partial charge in [-0.3, -0.25) is 0 Å². The molecular formula is C23H32FN3O4. The molecule has 1 aromatic carbocycles. The lowest BCUT2D eigenvalue weighted by Crippen LogP contribution is -2.55. The van der Waals surface area contributed by atoms with E-state index in [1.807, 2.05) is 26.8 Å². The number of hydrogen-bond acceptors (Lipinski definition) is 5. The van der Waals surface area contributed by atoms with E-state index in [2.05, 4.69) is 9.88 Å². The van der Waals surface area contributed by atoms with E-state index in [9.17, 15) is 19.4 Å². The fraction of sp³-hybridized carbons (Fsp3) is 0.565. The lowest BCUT2D eigenvalue weighted by Gasteiger charge is -2.44. The monoisotopic (exact) mass is 433 g/mol. The highest BCUT2D eigenvalue weighted by Crippen LogP contribution is 2.31. The Labute approximate surface area is 182 Å². The van der Waals surface area contributed by atoms with Gasteiger partial charge in [-0.25, -0.2) is 14.2 Å². The summed E-state index contributed by atoms with van der Waals surface area (Å²) in [5.74, 6) is -0.446. The number of methoxy groups -OCH3 is 1. The summed E-state index contributed by atoms with van der Waals surface area (Å²) in [5.41, 5.74) is 0.421. The molecule has 1 fully saturated rings. The Bertz CT molecular complexity index is 923. The first kappa shape index (κ1) is 23.2. The van der Waals surface area contributed by atoms with Gasteiger partial charge in [0, 0.05) is 54.1 Å². The first-order chi connectivity index (χ1) is 14.7. The van der Waals surface area contributed by atoms with Crippen LogP contribution in [0.1, 0.15) is 45.1 Å². The molecule has 2 aromatic rings. The molecule has 1 aromatic heterocycles. The molecule has 1 saturated heterocycles. The zero-order valence-corrected chi connectivity index (χ0v) is 18.6. The minimum atomic E-state index is -0.906. The van der Waals surface area contributed by atoms with E-state index < -0.39 is 23.4 Å². The summed E-state index contributed by atoms with van der Waals surface area (Å²) in [7, 11) is 1.51. The second kappa shape index (κ2) is 9.36. The Hall–Kier alpha value is -2.45. The number of fused-ring (bicyclic) bond motifs is 1. The molecule has 1 aliphatic heterocycles. The van der Waals surface area contributed by atoms with Crippen LogP contribution in [0.5, 0.6) is 5.88 Å². The van der Waals surface area contributed by atoms with Crippen LogP contribution in [0, 0.1) is 5.82 Å². The van der Waals surface area contributed by atoms with Gasteiger partial charge in [0.05, 0.1) is 19.2 Å². The molecule has 2 N–H and O–H groups in total. The van der Waals surface area contributed by atoms with Crippen LogP contribution in [-0.2, 0) is 0 Å². The highest BCUT2D eigenvalue weighted by molar-refractivity contribution is 5.83. The second-order valence-corrected chi connectivity index (χ2v) is 9.12. The van der Waals surface area contributed by atoms with E-state index in [4.69, 9.17) is 4.74 Å². The topological polar surface area (TPSA) is 86.1 Å². The molecule has 1 amide bonds. The van der Waals surface area contributed by atoms with Gasteiger partial charge < -0.3 is 24.7 Å². The smallest absolute Gasteiger partial charge is 0.407 e. The van der Waals surface area contributed by atoms with E-state index in [1.54, 1.807) is 12.1 Å². The van der Waals surface area contributed by atoms with Crippen LogP contribution in [0.15, 0.2) is 24.3 Å². The van der Waals surface area contributed by atoms with Gasteiger partial charge in [0.2, 0.25) is 5.88 Å². The predicted octanol–water partition coefficient (Wildman–Crippen LogP) is 3.70. The van der Waals surface area contributed by atoms with Crippen molar-refractivity contribution in [3.8, 4) is 5.88 Å². The van der Waals surface area contributed by atoms with Crippen molar-refractivity contribution in [2.75, 3.05) is 33.4 Å². The zero-order chi connectivity index (χ0) is 22.8. The van der Waals surface area contributed by atoms with Gasteiger partial charge >= 0.3 is 6.09 Å². The number of halogens is 1. The van der Waals surface area contributed by atoms with E-state index >= 15 is 0 Å². The Balaban J connectivity index is 1.78. The maximum Gasteiger partial charge on any atom is 0.407 e. The zero-order valence-electron chi connectivity index (χ0n) is 18.6. The van der Waals surface area contributed by atoms with Crippen LogP contribution in [0.3, 0.4) is 0 Å². The normalized spacial score (nSPS) is 17.0. The van der Waals surface area contributed by atoms with Gasteiger partial charge in [-0.2, -0.15) is 0 Å². The van der Waals surface area contributed by atoms with Crippen LogP contribution < -0.4 is 4.74 Å². The molecule has 1 unspecified atom stereocenters. The van der Waals surface area contributed by atoms with Crippen molar-refractivity contribution in [2.45, 2.75) is 51.1 Å². The number of amides is 1. The number of carbonyl (C=O) groups is 1. The summed E-state index contributed by atoms with van der Waals surface area (Å²) in [5, 5.41) is 20.5. The molecule has 31 heavy (non-hydrogen) atoms. The van der Waals surface area contributed by atoms with Gasteiger partial charge in [0.15, 0.2) is 0 Å². The van der Waals surface area contributed by atoms with Crippen molar-refractivity contribution in [2.24, 2.45) is 0 Å². The maximum atomic E-state index is 14.9. The molecule has 2 heterocycles. The molecule has 0 spiro atoms. The van der Waals surface area contributed by atoms with Crippen molar-refractivity contribution < 1.29 is 24.1 Å². The number of carboxylic acid groups (broad SMARTS) is 1. The standard InChI is InChI=1S/C23H32FN3O4/c1-23(2,3)27(22(29)30)17-9-11-26(12-10-17)13-16(14-28)20-18(24)7-5-15-6-8-19(31-4)25-21(15)20/h5-8,16-17,28H,9-14H2,1-4H3,(H,29,30). The molecule has 1 atom stereocenters. The molecule has 1 aliphatic rings. The average molecular weight is 434 g/mol. The lowest BCUT2D eigenvalue weighted by atomic mass is 9.93. The predicted molar refractivity (Wildman–Crippen MR) is 117 cm³/mol. The minimum Gasteiger partial charge on any atom is -0.481 e. The molecule has 170 valence electrons. The summed E-state index contributed by atoms with van der Waals surface area (Å²) in [4.78, 5) is 19.9. The van der Waals surface area contributed by atoms with Gasteiger partial charge in [0.25, 0.3) is 0 Å². The van der Waals surface area contributed by atoms with Gasteiger partial charge in [0.1, 0.15) is 5.82 Å². The van der Waals surface area contributed by atoms with E-state index in [1.165, 1.54) is 18.1 Å². The minimum absolute atomic E-state index is 0.0541. The Kier molecular flexibility index (Phi) is 7.01. The molecule has 3 rings (SSSR count). The third-order valence-electron chi connectivity index (χ3n) is 5.99. The van der Waals surface area contributed by atoms with Crippen molar-refractivity contribution in [3.05, 3.63) is 35.6 Å². The van der Waals surface area contributed by atoms with Crippen LogP contribution in [0.2, 0.25) is 0 Å². The second-order valence-electron chi connectivity index (χ2n) is 9.12. The third-order valence-corrected chi connectivity index (χ3v) is 5.99. The Morgan fingerprint density at radius 2 is 1.94 bits per heavy atom. The fourth-order valence-corrected chi connectivity index (χ4v) is 4.57. The quantitative estimate of drug-likeness (QED) is 0.723. The highest BCUT2D eigenvalue weighted by atomic mass is 19.1. The van der Waals surface area contributed by atoms with Gasteiger partial charge in [-0.05, 0) is 51.8 Å². The Morgan fingerprint density at radius 1 is 1.29 bits per heavy atom. The van der Waals surface area contributed by atoms with Crippen molar-refractivity contribution in [1.29, 1.82) is 0 Å². The first-order valence-corrected chi connectivity index (χ1v) is 10.6. The number of aliphatic hydroxyl groups excluding tert-OH is 1.